The average molecular weight is 384 g/mol. The number of pyridine rings is 1. The van der Waals surface area contributed by atoms with Crippen molar-refractivity contribution in [3.63, 3.8) is 0 Å². The summed E-state index contributed by atoms with van der Waals surface area (Å²) in [5.74, 6) is 1.19. The van der Waals surface area contributed by atoms with Gasteiger partial charge in [0.1, 0.15) is 5.82 Å². The summed E-state index contributed by atoms with van der Waals surface area (Å²) in [5.41, 5.74) is 3.12. The molecule has 4 saturated heterocycles. The number of piperidine rings is 1. The number of nitrogens with zero attached hydrogens (tertiary/aromatic N) is 4. The monoisotopic (exact) mass is 383 g/mol. The van der Waals surface area contributed by atoms with Gasteiger partial charge in [-0.3, -0.25) is 4.90 Å². The molecule has 0 bridgehead atoms. The Balaban J connectivity index is 1.26. The van der Waals surface area contributed by atoms with Crippen molar-refractivity contribution >= 4 is 11.5 Å². The molecule has 5 rings (SSSR count). The van der Waals surface area contributed by atoms with Crippen molar-refractivity contribution in [1.29, 1.82) is 0 Å². The zero-order valence-corrected chi connectivity index (χ0v) is 17.8. The van der Waals surface area contributed by atoms with E-state index in [9.17, 15) is 0 Å². The normalized spacial score (nSPS) is 30.6. The fourth-order valence-electron chi connectivity index (χ4n) is 6.28. The predicted octanol–water partition coefficient (Wildman–Crippen LogP) is 3.03. The van der Waals surface area contributed by atoms with Crippen LogP contribution in [0.2, 0.25) is 0 Å². The first-order valence-electron chi connectivity index (χ1n) is 11.6. The van der Waals surface area contributed by atoms with Crippen LogP contribution < -0.4 is 15.1 Å². The van der Waals surface area contributed by atoms with E-state index < -0.39 is 0 Å². The van der Waals surface area contributed by atoms with Gasteiger partial charge in [-0.05, 0) is 89.6 Å². The second-order valence-corrected chi connectivity index (χ2v) is 9.81. The summed E-state index contributed by atoms with van der Waals surface area (Å²) in [6.07, 6.45) is 8.04. The topological polar surface area (TPSA) is 34.6 Å². The zero-order chi connectivity index (χ0) is 19.1. The largest absolute Gasteiger partial charge is 0.369 e. The van der Waals surface area contributed by atoms with Crippen LogP contribution >= 0.6 is 0 Å². The van der Waals surface area contributed by atoms with Gasteiger partial charge in [0.2, 0.25) is 0 Å². The molecule has 4 aliphatic heterocycles. The highest BCUT2D eigenvalue weighted by Crippen LogP contribution is 2.41. The van der Waals surface area contributed by atoms with E-state index >= 15 is 0 Å². The number of nitrogens with one attached hydrogen (secondary N) is 1. The SMILES string of the molecule is Cc1nc(N2CC[C@H](N3CCC[C@@H]3C)C2)ccc1N1CCC2(CCNCC2)C1. The van der Waals surface area contributed by atoms with E-state index in [4.69, 9.17) is 4.98 Å². The lowest BCUT2D eigenvalue weighted by Crippen LogP contribution is -2.39. The molecular weight excluding hydrogens is 346 g/mol. The lowest BCUT2D eigenvalue weighted by Gasteiger charge is -2.34. The van der Waals surface area contributed by atoms with Gasteiger partial charge in [0.25, 0.3) is 0 Å². The molecule has 0 saturated carbocycles. The quantitative estimate of drug-likeness (QED) is 0.868. The molecular formula is C23H37N5. The number of anilines is 2. The molecule has 1 spiro atoms. The standard InChI is InChI=1S/C23H37N5/c1-18-4-3-13-28(18)20-7-14-26(16-20)22-6-5-21(19(2)25-22)27-15-10-23(17-27)8-11-24-12-9-23/h5-6,18,20,24H,3-4,7-17H2,1-2H3/t18-,20-/m0/s1. The summed E-state index contributed by atoms with van der Waals surface area (Å²) in [5, 5.41) is 3.53. The van der Waals surface area contributed by atoms with Crippen LogP contribution in [0, 0.1) is 12.3 Å². The Kier molecular flexibility index (Phi) is 5.00. The molecule has 5 nitrogen and oxygen atoms in total. The van der Waals surface area contributed by atoms with Crippen LogP contribution in [0.3, 0.4) is 0 Å². The summed E-state index contributed by atoms with van der Waals surface area (Å²) in [4.78, 5) is 12.9. The van der Waals surface area contributed by atoms with Gasteiger partial charge in [-0.15, -0.1) is 0 Å². The van der Waals surface area contributed by atoms with Gasteiger partial charge in [-0.25, -0.2) is 4.98 Å². The van der Waals surface area contributed by atoms with Crippen molar-refractivity contribution in [3.05, 3.63) is 17.8 Å². The number of aryl methyl sites for hydroxylation is 1. The first-order valence-corrected chi connectivity index (χ1v) is 11.6. The van der Waals surface area contributed by atoms with Crippen LogP contribution in [0.1, 0.15) is 51.1 Å². The molecule has 154 valence electrons. The van der Waals surface area contributed by atoms with Crippen LogP contribution in [0.15, 0.2) is 12.1 Å². The first kappa shape index (κ1) is 18.7. The van der Waals surface area contributed by atoms with Crippen LogP contribution in [-0.2, 0) is 0 Å². The van der Waals surface area contributed by atoms with Crippen LogP contribution in [0.4, 0.5) is 11.5 Å². The molecule has 0 aliphatic carbocycles. The Morgan fingerprint density at radius 2 is 1.89 bits per heavy atom. The second-order valence-electron chi connectivity index (χ2n) is 9.81. The number of likely N-dealkylation sites (tertiary alicyclic amines) is 1. The summed E-state index contributed by atoms with van der Waals surface area (Å²) < 4.78 is 0. The Morgan fingerprint density at radius 3 is 2.64 bits per heavy atom. The third-order valence-corrected chi connectivity index (χ3v) is 8.05. The van der Waals surface area contributed by atoms with Crippen molar-refractivity contribution in [2.45, 2.75) is 64.5 Å². The van der Waals surface area contributed by atoms with Crippen molar-refractivity contribution in [3.8, 4) is 0 Å². The van der Waals surface area contributed by atoms with Gasteiger partial charge in [-0.1, -0.05) is 0 Å². The van der Waals surface area contributed by atoms with E-state index in [2.05, 4.69) is 46.0 Å². The van der Waals surface area contributed by atoms with Gasteiger partial charge in [0.05, 0.1) is 11.4 Å². The molecule has 1 N–H and O–H groups in total. The summed E-state index contributed by atoms with van der Waals surface area (Å²) in [6, 6.07) is 6.12. The first-order chi connectivity index (χ1) is 13.6. The van der Waals surface area contributed by atoms with E-state index in [1.54, 1.807) is 0 Å². The predicted molar refractivity (Wildman–Crippen MR) is 116 cm³/mol. The molecule has 0 unspecified atom stereocenters. The van der Waals surface area contributed by atoms with Gasteiger partial charge < -0.3 is 15.1 Å². The Labute approximate surface area is 170 Å². The minimum Gasteiger partial charge on any atom is -0.369 e. The summed E-state index contributed by atoms with van der Waals surface area (Å²) in [7, 11) is 0. The maximum Gasteiger partial charge on any atom is 0.129 e. The number of rotatable bonds is 3. The average Bonchev–Trinajstić information content (AvgIpc) is 3.43. The molecule has 5 heterocycles. The smallest absolute Gasteiger partial charge is 0.129 e. The highest BCUT2D eigenvalue weighted by molar-refractivity contribution is 5.56. The Morgan fingerprint density at radius 1 is 1.04 bits per heavy atom. The van der Waals surface area contributed by atoms with Crippen molar-refractivity contribution in [1.82, 2.24) is 15.2 Å². The fourth-order valence-corrected chi connectivity index (χ4v) is 6.28. The molecule has 5 heteroatoms. The number of hydrogen-bond acceptors (Lipinski definition) is 5. The van der Waals surface area contributed by atoms with Crippen molar-refractivity contribution < 1.29 is 0 Å². The molecule has 0 aromatic carbocycles. The van der Waals surface area contributed by atoms with E-state index in [0.29, 0.717) is 5.41 Å². The third kappa shape index (κ3) is 3.41. The van der Waals surface area contributed by atoms with Crippen LogP contribution in [0.25, 0.3) is 0 Å². The molecule has 28 heavy (non-hydrogen) atoms. The lowest BCUT2D eigenvalue weighted by atomic mass is 9.78. The van der Waals surface area contributed by atoms with Crippen LogP contribution in [-0.4, -0.2) is 67.8 Å². The van der Waals surface area contributed by atoms with E-state index in [-0.39, 0.29) is 0 Å². The molecule has 2 atom stereocenters. The van der Waals surface area contributed by atoms with E-state index in [0.717, 1.165) is 25.2 Å². The van der Waals surface area contributed by atoms with E-state index in [1.807, 2.05) is 0 Å². The number of aromatic nitrogens is 1. The molecule has 0 radical (unpaired) electrons. The van der Waals surface area contributed by atoms with Crippen molar-refractivity contribution in [2.75, 3.05) is 55.6 Å². The maximum absolute atomic E-state index is 5.07. The minimum atomic E-state index is 0.547. The van der Waals surface area contributed by atoms with Gasteiger partial charge in [0.15, 0.2) is 0 Å². The van der Waals surface area contributed by atoms with E-state index in [1.165, 1.54) is 88.4 Å². The third-order valence-electron chi connectivity index (χ3n) is 8.05. The molecule has 4 fully saturated rings. The molecule has 1 aromatic rings. The molecule has 4 aliphatic rings. The highest BCUT2D eigenvalue weighted by atomic mass is 15.3. The van der Waals surface area contributed by atoms with Crippen molar-refractivity contribution in [2.24, 2.45) is 5.41 Å². The summed E-state index contributed by atoms with van der Waals surface area (Å²) >= 11 is 0. The second kappa shape index (κ2) is 7.49. The Bertz CT molecular complexity index is 698. The highest BCUT2D eigenvalue weighted by Gasteiger charge is 2.39. The summed E-state index contributed by atoms with van der Waals surface area (Å²) in [6.45, 7) is 13.0. The van der Waals surface area contributed by atoms with Gasteiger partial charge in [0, 0.05) is 38.3 Å². The fraction of sp³-hybridized carbons (Fsp3) is 0.783. The number of hydrogen-bond donors (Lipinski definition) is 1. The minimum absolute atomic E-state index is 0.547. The Hall–Kier alpha value is -1.33. The van der Waals surface area contributed by atoms with Gasteiger partial charge >= 0.3 is 0 Å². The molecule has 1 aromatic heterocycles. The zero-order valence-electron chi connectivity index (χ0n) is 17.8. The van der Waals surface area contributed by atoms with Crippen LogP contribution in [0.5, 0.6) is 0 Å². The maximum atomic E-state index is 5.07. The van der Waals surface area contributed by atoms with Gasteiger partial charge in [-0.2, -0.15) is 0 Å². The molecule has 0 amide bonds. The lowest BCUT2D eigenvalue weighted by molar-refractivity contribution is 0.204.